The third-order valence-electron chi connectivity index (χ3n) is 2.81. The maximum Gasteiger partial charge on any atom is 0.314 e. The highest BCUT2D eigenvalue weighted by Crippen LogP contribution is 2.16. The molecule has 0 aliphatic rings. The molecule has 22 heavy (non-hydrogen) atoms. The normalized spacial score (nSPS) is 9.45. The van der Waals surface area contributed by atoms with Gasteiger partial charge in [0.2, 0.25) is 0 Å². The van der Waals surface area contributed by atoms with E-state index >= 15 is 0 Å². The molecule has 6 heteroatoms. The van der Waals surface area contributed by atoms with Crippen LogP contribution in [0.1, 0.15) is 5.56 Å². The van der Waals surface area contributed by atoms with E-state index in [0.717, 1.165) is 0 Å². The molecule has 0 fully saturated rings. The summed E-state index contributed by atoms with van der Waals surface area (Å²) < 4.78 is 5.04. The lowest BCUT2D eigenvalue weighted by atomic mass is 10.2. The van der Waals surface area contributed by atoms with Crippen LogP contribution in [0.4, 0.5) is 11.4 Å². The average Bonchev–Trinajstić information content (AvgIpc) is 2.55. The molecule has 6 nitrogen and oxygen atoms in total. The molecule has 2 aromatic rings. The lowest BCUT2D eigenvalue weighted by Gasteiger charge is -2.07. The third-order valence-corrected chi connectivity index (χ3v) is 2.81. The Bertz CT molecular complexity index is 733. The van der Waals surface area contributed by atoms with Crippen molar-refractivity contribution in [2.45, 2.75) is 0 Å². The fraction of sp³-hybridized carbons (Fsp3) is 0.0625. The zero-order valence-electron chi connectivity index (χ0n) is 11.8. The van der Waals surface area contributed by atoms with Gasteiger partial charge in [0.15, 0.2) is 0 Å². The molecule has 2 N–H and O–H groups in total. The van der Waals surface area contributed by atoms with Gasteiger partial charge >= 0.3 is 11.8 Å². The fourth-order valence-corrected chi connectivity index (χ4v) is 1.70. The minimum atomic E-state index is -0.799. The van der Waals surface area contributed by atoms with Gasteiger partial charge in [0, 0.05) is 17.4 Å². The number of carbonyl (C=O) groups excluding carboxylic acids is 2. The Labute approximate surface area is 127 Å². The Balaban J connectivity index is 1.99. The second-order valence-corrected chi connectivity index (χ2v) is 4.33. The summed E-state index contributed by atoms with van der Waals surface area (Å²) >= 11 is 0. The van der Waals surface area contributed by atoms with Crippen molar-refractivity contribution in [3.05, 3.63) is 54.1 Å². The third kappa shape index (κ3) is 3.84. The second kappa shape index (κ2) is 6.90. The summed E-state index contributed by atoms with van der Waals surface area (Å²) in [6, 6.07) is 14.9. The molecule has 2 rings (SSSR count). The summed E-state index contributed by atoms with van der Waals surface area (Å²) in [6.45, 7) is 0. The topological polar surface area (TPSA) is 91.2 Å². The minimum absolute atomic E-state index is 0.435. The van der Waals surface area contributed by atoms with Crippen LogP contribution < -0.4 is 15.4 Å². The van der Waals surface area contributed by atoms with Crippen LogP contribution in [0.25, 0.3) is 0 Å². The predicted molar refractivity (Wildman–Crippen MR) is 81.4 cm³/mol. The smallest absolute Gasteiger partial charge is 0.314 e. The van der Waals surface area contributed by atoms with Crippen LogP contribution >= 0.6 is 0 Å². The molecule has 2 amide bonds. The maximum absolute atomic E-state index is 11.8. The number of nitriles is 1. The van der Waals surface area contributed by atoms with Crippen molar-refractivity contribution in [3.63, 3.8) is 0 Å². The van der Waals surface area contributed by atoms with Gasteiger partial charge in [-0.15, -0.1) is 0 Å². The summed E-state index contributed by atoms with van der Waals surface area (Å²) in [5.41, 5.74) is 1.36. The number of anilines is 2. The van der Waals surface area contributed by atoms with Crippen molar-refractivity contribution in [2.24, 2.45) is 0 Å². The molecule has 0 heterocycles. The lowest BCUT2D eigenvalue weighted by Crippen LogP contribution is -2.29. The van der Waals surface area contributed by atoms with Crippen molar-refractivity contribution in [2.75, 3.05) is 17.7 Å². The Kier molecular flexibility index (Phi) is 4.73. The molecular formula is C16H13N3O3. The van der Waals surface area contributed by atoms with Crippen LogP contribution in [0.3, 0.4) is 0 Å². The van der Waals surface area contributed by atoms with Gasteiger partial charge in [0.05, 0.1) is 18.7 Å². The molecule has 0 atom stereocenters. The van der Waals surface area contributed by atoms with Gasteiger partial charge in [-0.1, -0.05) is 6.07 Å². The van der Waals surface area contributed by atoms with E-state index in [2.05, 4.69) is 10.6 Å². The Morgan fingerprint density at radius 2 is 1.64 bits per heavy atom. The molecule has 0 aromatic heterocycles. The zero-order chi connectivity index (χ0) is 15.9. The standard InChI is InChI=1S/C16H13N3O3/c1-22-14-4-2-3-13(9-14)19-16(21)15(20)18-12-7-5-11(10-17)6-8-12/h2-9H,1H3,(H,18,20)(H,19,21). The number of nitrogens with zero attached hydrogens (tertiary/aromatic N) is 1. The predicted octanol–water partition coefficient (Wildman–Crippen LogP) is 2.14. The average molecular weight is 295 g/mol. The number of methoxy groups -OCH3 is 1. The van der Waals surface area contributed by atoms with Crippen LogP contribution in [-0.2, 0) is 9.59 Å². The van der Waals surface area contributed by atoms with Gasteiger partial charge in [-0.05, 0) is 36.4 Å². The minimum Gasteiger partial charge on any atom is -0.497 e. The zero-order valence-corrected chi connectivity index (χ0v) is 11.8. The summed E-state index contributed by atoms with van der Waals surface area (Å²) in [6.07, 6.45) is 0. The number of amides is 2. The monoisotopic (exact) mass is 295 g/mol. The number of benzene rings is 2. The van der Waals surface area contributed by atoms with E-state index in [1.165, 1.54) is 7.11 Å². The molecule has 0 unspecified atom stereocenters. The highest BCUT2D eigenvalue weighted by molar-refractivity contribution is 6.43. The molecule has 0 aliphatic carbocycles. The van der Waals surface area contributed by atoms with Gasteiger partial charge in [-0.25, -0.2) is 0 Å². The summed E-state index contributed by atoms with van der Waals surface area (Å²) in [5, 5.41) is 13.6. The van der Waals surface area contributed by atoms with E-state index in [0.29, 0.717) is 22.7 Å². The number of carbonyl (C=O) groups is 2. The molecule has 110 valence electrons. The first-order valence-corrected chi connectivity index (χ1v) is 6.39. The number of ether oxygens (including phenoxy) is 1. The molecule has 0 aliphatic heterocycles. The van der Waals surface area contributed by atoms with Crippen LogP contribution in [0.15, 0.2) is 48.5 Å². The summed E-state index contributed by atoms with van der Waals surface area (Å²) in [4.78, 5) is 23.6. The van der Waals surface area contributed by atoms with Crippen molar-refractivity contribution in [1.29, 1.82) is 5.26 Å². The molecule has 2 aromatic carbocycles. The molecule has 0 spiro atoms. The highest BCUT2D eigenvalue weighted by Gasteiger charge is 2.14. The number of hydrogen-bond acceptors (Lipinski definition) is 4. The first-order valence-electron chi connectivity index (χ1n) is 6.39. The Morgan fingerprint density at radius 3 is 2.23 bits per heavy atom. The number of nitrogens with one attached hydrogen (secondary N) is 2. The highest BCUT2D eigenvalue weighted by atomic mass is 16.5. The van der Waals surface area contributed by atoms with Crippen LogP contribution in [0, 0.1) is 11.3 Å². The van der Waals surface area contributed by atoms with Crippen LogP contribution in [0.5, 0.6) is 5.75 Å². The van der Waals surface area contributed by atoms with Crippen molar-refractivity contribution < 1.29 is 14.3 Å². The van der Waals surface area contributed by atoms with E-state index in [4.69, 9.17) is 10.00 Å². The number of hydrogen-bond donors (Lipinski definition) is 2. The Morgan fingerprint density at radius 1 is 1.00 bits per heavy atom. The van der Waals surface area contributed by atoms with Gasteiger partial charge in [0.25, 0.3) is 0 Å². The molecule has 0 radical (unpaired) electrons. The van der Waals surface area contributed by atoms with Crippen molar-refractivity contribution >= 4 is 23.2 Å². The Hall–Kier alpha value is -3.33. The first-order chi connectivity index (χ1) is 10.6. The molecular weight excluding hydrogens is 282 g/mol. The number of rotatable bonds is 3. The summed E-state index contributed by atoms with van der Waals surface area (Å²) in [5.74, 6) is -1.02. The van der Waals surface area contributed by atoms with E-state index in [1.807, 2.05) is 6.07 Å². The molecule has 0 saturated carbocycles. The lowest BCUT2D eigenvalue weighted by molar-refractivity contribution is -0.132. The van der Waals surface area contributed by atoms with Crippen LogP contribution in [0.2, 0.25) is 0 Å². The van der Waals surface area contributed by atoms with E-state index in [-0.39, 0.29) is 0 Å². The SMILES string of the molecule is COc1cccc(NC(=O)C(=O)Nc2ccc(C#N)cc2)c1. The van der Waals surface area contributed by atoms with Gasteiger partial charge in [0.1, 0.15) is 5.75 Å². The summed E-state index contributed by atoms with van der Waals surface area (Å²) in [7, 11) is 1.51. The van der Waals surface area contributed by atoms with Gasteiger partial charge in [-0.3, -0.25) is 9.59 Å². The van der Waals surface area contributed by atoms with Crippen molar-refractivity contribution in [3.8, 4) is 11.8 Å². The molecule has 0 bridgehead atoms. The van der Waals surface area contributed by atoms with Gasteiger partial charge in [-0.2, -0.15) is 5.26 Å². The maximum atomic E-state index is 11.8. The van der Waals surface area contributed by atoms with Crippen molar-refractivity contribution in [1.82, 2.24) is 0 Å². The first kappa shape index (κ1) is 15.1. The van der Waals surface area contributed by atoms with E-state index in [1.54, 1.807) is 48.5 Å². The van der Waals surface area contributed by atoms with Crippen LogP contribution in [-0.4, -0.2) is 18.9 Å². The second-order valence-electron chi connectivity index (χ2n) is 4.33. The largest absolute Gasteiger partial charge is 0.497 e. The van der Waals surface area contributed by atoms with Gasteiger partial charge < -0.3 is 15.4 Å². The molecule has 0 saturated heterocycles. The fourth-order valence-electron chi connectivity index (χ4n) is 1.70. The van der Waals surface area contributed by atoms with E-state index < -0.39 is 11.8 Å². The van der Waals surface area contributed by atoms with E-state index in [9.17, 15) is 9.59 Å². The quantitative estimate of drug-likeness (QED) is 0.849.